The number of hydrogen-bond acceptors (Lipinski definition) is 6. The highest BCUT2D eigenvalue weighted by Crippen LogP contribution is 2.29. The van der Waals surface area contributed by atoms with E-state index in [0.29, 0.717) is 18.8 Å². The number of aliphatic hydroxyl groups excluding tert-OH is 2. The van der Waals surface area contributed by atoms with Crippen LogP contribution in [0.25, 0.3) is 0 Å². The molecule has 0 unspecified atom stereocenters. The van der Waals surface area contributed by atoms with Crippen LogP contribution in [0.1, 0.15) is 84.1 Å². The predicted molar refractivity (Wildman–Crippen MR) is 176 cm³/mol. The predicted octanol–water partition coefficient (Wildman–Crippen LogP) is 4.31. The second-order valence-electron chi connectivity index (χ2n) is 13.8. The summed E-state index contributed by atoms with van der Waals surface area (Å²) >= 11 is 0. The first-order valence-electron chi connectivity index (χ1n) is 17.1. The van der Waals surface area contributed by atoms with Crippen molar-refractivity contribution in [3.8, 4) is 0 Å². The Morgan fingerprint density at radius 2 is 1.60 bits per heavy atom. The quantitative estimate of drug-likeness (QED) is 0.174. The van der Waals surface area contributed by atoms with Crippen molar-refractivity contribution >= 4 is 17.7 Å². The molecule has 12 heteroatoms. The summed E-state index contributed by atoms with van der Waals surface area (Å²) in [5.74, 6) is -1.72. The molecule has 0 bridgehead atoms. The molecule has 0 aliphatic heterocycles. The van der Waals surface area contributed by atoms with Crippen molar-refractivity contribution in [1.29, 1.82) is 0 Å². The van der Waals surface area contributed by atoms with Gasteiger partial charge >= 0.3 is 6.18 Å². The molecule has 5 atom stereocenters. The van der Waals surface area contributed by atoms with Crippen molar-refractivity contribution in [1.82, 2.24) is 20.4 Å². The maximum Gasteiger partial charge on any atom is 0.401 e. The Morgan fingerprint density at radius 3 is 2.17 bits per heavy atom. The molecular weight excluding hydrogens is 613 g/mol. The van der Waals surface area contributed by atoms with Crippen LogP contribution in [-0.4, -0.2) is 102 Å². The van der Waals surface area contributed by atoms with E-state index in [1.165, 1.54) is 19.0 Å². The second-order valence-corrected chi connectivity index (χ2v) is 13.8. The van der Waals surface area contributed by atoms with E-state index in [9.17, 15) is 37.8 Å². The molecular formula is C35H57F3N4O5. The number of rotatable bonds is 19. The molecule has 0 spiro atoms. The van der Waals surface area contributed by atoms with Crippen molar-refractivity contribution in [2.24, 2.45) is 17.8 Å². The number of amides is 3. The van der Waals surface area contributed by atoms with Crippen LogP contribution in [0.15, 0.2) is 30.3 Å². The number of hydrogen-bond donors (Lipinski definition) is 4. The largest absolute Gasteiger partial charge is 0.401 e. The zero-order valence-electron chi connectivity index (χ0n) is 28.8. The lowest BCUT2D eigenvalue weighted by atomic mass is 9.82. The van der Waals surface area contributed by atoms with Crippen molar-refractivity contribution in [2.75, 3.05) is 33.7 Å². The molecule has 1 fully saturated rings. The fourth-order valence-electron chi connectivity index (χ4n) is 6.24. The summed E-state index contributed by atoms with van der Waals surface area (Å²) < 4.78 is 38.2. The van der Waals surface area contributed by atoms with Crippen LogP contribution in [0.5, 0.6) is 0 Å². The van der Waals surface area contributed by atoms with Crippen molar-refractivity contribution < 1.29 is 37.8 Å². The van der Waals surface area contributed by atoms with Crippen LogP contribution in [0.2, 0.25) is 0 Å². The molecule has 1 aliphatic carbocycles. The Hall–Kier alpha value is -2.70. The SMILES string of the molecule is CC[C@H](NC(=O)[C@@H](CC(=O)N(C)CCN(C)CC(F)(F)F)Cc1ccccc1)C(=O)N[C@@H](CC1CCCCC1)[C@@H](O)[C@@H](O)CC(C)C. The van der Waals surface area contributed by atoms with Gasteiger partial charge in [0.1, 0.15) is 12.1 Å². The molecule has 2 rings (SSSR count). The first-order valence-corrected chi connectivity index (χ1v) is 17.1. The van der Waals surface area contributed by atoms with Gasteiger partial charge in [-0.15, -0.1) is 0 Å². The highest BCUT2D eigenvalue weighted by atomic mass is 19.4. The van der Waals surface area contributed by atoms with Gasteiger partial charge in [0.05, 0.1) is 24.6 Å². The number of likely N-dealkylation sites (N-methyl/N-ethyl adjacent to an activating group) is 2. The van der Waals surface area contributed by atoms with Gasteiger partial charge in [0.2, 0.25) is 17.7 Å². The van der Waals surface area contributed by atoms with Gasteiger partial charge in [-0.25, -0.2) is 0 Å². The molecule has 3 amide bonds. The van der Waals surface area contributed by atoms with Gasteiger partial charge in [0, 0.05) is 26.6 Å². The average molecular weight is 671 g/mol. The molecule has 0 saturated heterocycles. The van der Waals surface area contributed by atoms with E-state index < -0.39 is 60.7 Å². The first kappa shape index (κ1) is 40.5. The Morgan fingerprint density at radius 1 is 0.957 bits per heavy atom. The number of alkyl halides is 3. The van der Waals surface area contributed by atoms with Crippen LogP contribution >= 0.6 is 0 Å². The minimum atomic E-state index is -4.35. The zero-order chi connectivity index (χ0) is 35.1. The van der Waals surface area contributed by atoms with Crippen LogP contribution in [-0.2, 0) is 20.8 Å². The minimum absolute atomic E-state index is 0.00905. The number of benzene rings is 1. The highest BCUT2D eigenvalue weighted by Gasteiger charge is 2.34. The number of nitrogens with zero attached hydrogens (tertiary/aromatic N) is 2. The number of halogens is 3. The van der Waals surface area contributed by atoms with E-state index >= 15 is 0 Å². The van der Waals surface area contributed by atoms with Gasteiger partial charge in [0.15, 0.2) is 0 Å². The molecule has 4 N–H and O–H groups in total. The van der Waals surface area contributed by atoms with Gasteiger partial charge in [-0.05, 0) is 50.1 Å². The van der Waals surface area contributed by atoms with Crippen molar-refractivity contribution in [2.45, 2.75) is 115 Å². The summed E-state index contributed by atoms with van der Waals surface area (Å²) in [6, 6.07) is 7.53. The van der Waals surface area contributed by atoms with Crippen LogP contribution in [0, 0.1) is 17.8 Å². The lowest BCUT2D eigenvalue weighted by molar-refractivity contribution is -0.144. The van der Waals surface area contributed by atoms with Gasteiger partial charge in [-0.3, -0.25) is 19.3 Å². The number of carbonyl (C=O) groups is 3. The zero-order valence-corrected chi connectivity index (χ0v) is 28.8. The molecule has 1 aliphatic rings. The Balaban J connectivity index is 2.15. The molecule has 9 nitrogen and oxygen atoms in total. The van der Waals surface area contributed by atoms with E-state index in [1.807, 2.05) is 44.2 Å². The third-order valence-corrected chi connectivity index (χ3v) is 9.01. The molecule has 0 heterocycles. The van der Waals surface area contributed by atoms with Crippen LogP contribution < -0.4 is 10.6 Å². The lowest BCUT2D eigenvalue weighted by Crippen LogP contribution is -2.56. The highest BCUT2D eigenvalue weighted by molar-refractivity contribution is 5.91. The molecule has 47 heavy (non-hydrogen) atoms. The summed E-state index contributed by atoms with van der Waals surface area (Å²) in [5, 5.41) is 27.6. The summed E-state index contributed by atoms with van der Waals surface area (Å²) in [4.78, 5) is 42.8. The minimum Gasteiger partial charge on any atom is -0.390 e. The molecule has 1 aromatic carbocycles. The van der Waals surface area contributed by atoms with Crippen molar-refractivity contribution in [3.05, 3.63) is 35.9 Å². The monoisotopic (exact) mass is 670 g/mol. The van der Waals surface area contributed by atoms with Crippen LogP contribution in [0.3, 0.4) is 0 Å². The summed E-state index contributed by atoms with van der Waals surface area (Å²) in [6.07, 6.45) is 0.0156. The van der Waals surface area contributed by atoms with Gasteiger partial charge in [-0.2, -0.15) is 13.2 Å². The van der Waals surface area contributed by atoms with E-state index in [0.717, 1.165) is 42.6 Å². The Labute approximate surface area is 278 Å². The number of carbonyl (C=O) groups excluding carboxylic acids is 3. The fourth-order valence-corrected chi connectivity index (χ4v) is 6.24. The summed E-state index contributed by atoms with van der Waals surface area (Å²) in [6.45, 7) is 4.63. The number of aliphatic hydroxyl groups is 2. The molecule has 268 valence electrons. The average Bonchev–Trinajstić information content (AvgIpc) is 3.01. The van der Waals surface area contributed by atoms with E-state index in [4.69, 9.17) is 0 Å². The standard InChI is InChI=1S/C35H57F3N4O5/c1-6-28(34(47)40-29(21-26-15-11-8-12-16-26)32(45)30(43)19-24(2)3)39-33(46)27(20-25-13-9-7-10-14-25)22-31(44)42(5)18-17-41(4)23-35(36,37)38/h7,9-10,13-14,24,26-30,32,43,45H,6,8,11-12,15-23H2,1-5H3,(H,39,46)(H,40,47)/t27-,28+,29+,30+,32-/m1/s1. The number of nitrogens with one attached hydrogen (secondary N) is 2. The maximum atomic E-state index is 13.7. The van der Waals surface area contributed by atoms with E-state index in [2.05, 4.69) is 10.6 Å². The van der Waals surface area contributed by atoms with Gasteiger partial charge in [-0.1, -0.05) is 83.2 Å². The summed E-state index contributed by atoms with van der Waals surface area (Å²) in [7, 11) is 2.83. The molecule has 1 saturated carbocycles. The summed E-state index contributed by atoms with van der Waals surface area (Å²) in [5.41, 5.74) is 0.820. The lowest BCUT2D eigenvalue weighted by Gasteiger charge is -2.33. The Kier molecular flexibility index (Phi) is 17.2. The smallest absolute Gasteiger partial charge is 0.390 e. The molecule has 0 radical (unpaired) electrons. The fraction of sp³-hybridized carbons (Fsp3) is 0.743. The van der Waals surface area contributed by atoms with Gasteiger partial charge in [0.25, 0.3) is 0 Å². The van der Waals surface area contributed by atoms with Gasteiger partial charge < -0.3 is 25.7 Å². The van der Waals surface area contributed by atoms with Crippen molar-refractivity contribution in [3.63, 3.8) is 0 Å². The maximum absolute atomic E-state index is 13.7. The van der Waals surface area contributed by atoms with E-state index in [-0.39, 0.29) is 38.3 Å². The third-order valence-electron chi connectivity index (χ3n) is 9.01. The first-order chi connectivity index (χ1) is 22.1. The third kappa shape index (κ3) is 15.4. The van der Waals surface area contributed by atoms with E-state index in [1.54, 1.807) is 6.92 Å². The molecule has 0 aromatic heterocycles. The van der Waals surface area contributed by atoms with Crippen LogP contribution in [0.4, 0.5) is 13.2 Å². The molecule has 1 aromatic rings. The second kappa shape index (κ2) is 20.0. The Bertz CT molecular complexity index is 1080. The topological polar surface area (TPSA) is 122 Å². The normalized spacial score (nSPS) is 17.5.